The number of aromatic nitrogens is 1. The molecular weight excluding hydrogens is 230 g/mol. The van der Waals surface area contributed by atoms with Crippen molar-refractivity contribution < 1.29 is 5.11 Å². The van der Waals surface area contributed by atoms with Gasteiger partial charge in [-0.1, -0.05) is 36.4 Å². The fraction of sp³-hybridized carbons (Fsp3) is 0.0714. The smallest absolute Gasteiger partial charge is 0.124 e. The van der Waals surface area contributed by atoms with Crippen LogP contribution in [0.1, 0.15) is 5.56 Å². The zero-order valence-electron chi connectivity index (χ0n) is 9.13. The minimum Gasteiger partial charge on any atom is -0.392 e. The predicted molar refractivity (Wildman–Crippen MR) is 71.0 cm³/mol. The maximum absolute atomic E-state index is 9.33. The number of benzene rings is 2. The highest BCUT2D eigenvalue weighted by atomic mass is 32.1. The highest BCUT2D eigenvalue weighted by molar-refractivity contribution is 7.21. The zero-order chi connectivity index (χ0) is 11.7. The molecule has 0 amide bonds. The van der Waals surface area contributed by atoms with Crippen LogP contribution in [0.5, 0.6) is 0 Å². The molecule has 0 saturated carbocycles. The van der Waals surface area contributed by atoms with Crippen LogP contribution >= 0.6 is 11.3 Å². The van der Waals surface area contributed by atoms with E-state index >= 15 is 0 Å². The van der Waals surface area contributed by atoms with E-state index in [0.29, 0.717) is 0 Å². The molecule has 0 unspecified atom stereocenters. The molecule has 0 fully saturated rings. The number of hydrogen-bond acceptors (Lipinski definition) is 3. The van der Waals surface area contributed by atoms with Gasteiger partial charge in [0.25, 0.3) is 0 Å². The summed E-state index contributed by atoms with van der Waals surface area (Å²) in [5.74, 6) is 0. The number of aliphatic hydroxyl groups is 1. The van der Waals surface area contributed by atoms with Crippen molar-refractivity contribution in [3.8, 4) is 10.6 Å². The monoisotopic (exact) mass is 241 g/mol. The van der Waals surface area contributed by atoms with Crippen LogP contribution in [0.4, 0.5) is 0 Å². The third-order valence-corrected chi connectivity index (χ3v) is 3.78. The van der Waals surface area contributed by atoms with Crippen LogP contribution in [-0.2, 0) is 6.61 Å². The fourth-order valence-electron chi connectivity index (χ4n) is 1.85. The van der Waals surface area contributed by atoms with E-state index in [2.05, 4.69) is 11.1 Å². The summed E-state index contributed by atoms with van der Waals surface area (Å²) in [6.07, 6.45) is 0. The van der Waals surface area contributed by atoms with Gasteiger partial charge in [0.1, 0.15) is 5.01 Å². The molecule has 0 saturated heterocycles. The molecule has 0 aliphatic rings. The number of nitrogens with zero attached hydrogens (tertiary/aromatic N) is 1. The number of rotatable bonds is 2. The molecule has 1 aromatic heterocycles. The van der Waals surface area contributed by atoms with Gasteiger partial charge in [-0.3, -0.25) is 0 Å². The Kier molecular flexibility index (Phi) is 2.63. The van der Waals surface area contributed by atoms with Crippen molar-refractivity contribution in [2.75, 3.05) is 0 Å². The van der Waals surface area contributed by atoms with Crippen LogP contribution in [-0.4, -0.2) is 10.1 Å². The predicted octanol–water partition coefficient (Wildman–Crippen LogP) is 3.46. The molecule has 0 radical (unpaired) electrons. The first kappa shape index (κ1) is 10.4. The van der Waals surface area contributed by atoms with E-state index in [4.69, 9.17) is 0 Å². The second-order valence-corrected chi connectivity index (χ2v) is 4.83. The van der Waals surface area contributed by atoms with E-state index in [9.17, 15) is 5.11 Å². The zero-order valence-corrected chi connectivity index (χ0v) is 9.95. The van der Waals surface area contributed by atoms with Gasteiger partial charge in [-0.25, -0.2) is 4.98 Å². The van der Waals surface area contributed by atoms with Crippen LogP contribution in [0, 0.1) is 0 Å². The molecule has 3 rings (SSSR count). The van der Waals surface area contributed by atoms with E-state index < -0.39 is 0 Å². The molecule has 2 aromatic carbocycles. The Morgan fingerprint density at radius 2 is 1.76 bits per heavy atom. The number of hydrogen-bond donors (Lipinski definition) is 1. The molecule has 0 atom stereocenters. The first-order valence-corrected chi connectivity index (χ1v) is 6.25. The third kappa shape index (κ3) is 1.84. The summed E-state index contributed by atoms with van der Waals surface area (Å²) in [6.45, 7) is 0.0477. The van der Waals surface area contributed by atoms with Crippen molar-refractivity contribution in [1.82, 2.24) is 4.98 Å². The van der Waals surface area contributed by atoms with Gasteiger partial charge < -0.3 is 5.11 Å². The molecule has 84 valence electrons. The lowest BCUT2D eigenvalue weighted by Crippen LogP contribution is -1.87. The van der Waals surface area contributed by atoms with Crippen molar-refractivity contribution in [3.05, 3.63) is 54.1 Å². The fourth-order valence-corrected chi connectivity index (χ4v) is 2.88. The highest BCUT2D eigenvalue weighted by Crippen LogP contribution is 2.31. The average Bonchev–Trinajstić information content (AvgIpc) is 2.82. The SMILES string of the molecule is OCc1ccccc1-c1nc2ccccc2s1. The quantitative estimate of drug-likeness (QED) is 0.745. The van der Waals surface area contributed by atoms with E-state index in [-0.39, 0.29) is 6.61 Å². The Labute approximate surface area is 103 Å². The van der Waals surface area contributed by atoms with E-state index in [1.807, 2.05) is 42.5 Å². The summed E-state index contributed by atoms with van der Waals surface area (Å²) in [5, 5.41) is 10.3. The van der Waals surface area contributed by atoms with Crippen molar-refractivity contribution in [1.29, 1.82) is 0 Å². The first-order chi connectivity index (χ1) is 8.38. The van der Waals surface area contributed by atoms with E-state index in [0.717, 1.165) is 21.7 Å². The Hall–Kier alpha value is -1.71. The van der Waals surface area contributed by atoms with Crippen molar-refractivity contribution >= 4 is 21.6 Å². The maximum Gasteiger partial charge on any atom is 0.124 e. The van der Waals surface area contributed by atoms with Crippen LogP contribution in [0.2, 0.25) is 0 Å². The van der Waals surface area contributed by atoms with Crippen LogP contribution in [0.25, 0.3) is 20.8 Å². The van der Waals surface area contributed by atoms with Gasteiger partial charge in [-0.15, -0.1) is 11.3 Å². The van der Waals surface area contributed by atoms with Gasteiger partial charge in [0, 0.05) is 5.56 Å². The summed E-state index contributed by atoms with van der Waals surface area (Å²) in [4.78, 5) is 4.60. The summed E-state index contributed by atoms with van der Waals surface area (Å²) in [7, 11) is 0. The van der Waals surface area contributed by atoms with E-state index in [1.54, 1.807) is 11.3 Å². The average molecular weight is 241 g/mol. The normalized spacial score (nSPS) is 10.9. The van der Waals surface area contributed by atoms with Gasteiger partial charge in [0.05, 0.1) is 16.8 Å². The molecule has 1 N–H and O–H groups in total. The Balaban J connectivity index is 2.20. The molecule has 0 aliphatic heterocycles. The lowest BCUT2D eigenvalue weighted by Gasteiger charge is -2.02. The van der Waals surface area contributed by atoms with Gasteiger partial charge in [-0.05, 0) is 17.7 Å². The van der Waals surface area contributed by atoms with Crippen LogP contribution in [0.15, 0.2) is 48.5 Å². The molecule has 3 aromatic rings. The van der Waals surface area contributed by atoms with Gasteiger partial charge in [0.15, 0.2) is 0 Å². The van der Waals surface area contributed by atoms with Crippen molar-refractivity contribution in [3.63, 3.8) is 0 Å². The minimum atomic E-state index is 0.0477. The number of fused-ring (bicyclic) bond motifs is 1. The first-order valence-electron chi connectivity index (χ1n) is 5.43. The number of aliphatic hydroxyl groups excluding tert-OH is 1. The molecule has 17 heavy (non-hydrogen) atoms. The standard InChI is InChI=1S/C14H11NOS/c16-9-10-5-1-2-6-11(10)14-15-12-7-3-4-8-13(12)17-14/h1-8,16H,9H2. The Morgan fingerprint density at radius 3 is 2.59 bits per heavy atom. The minimum absolute atomic E-state index is 0.0477. The van der Waals surface area contributed by atoms with Crippen LogP contribution < -0.4 is 0 Å². The number of para-hydroxylation sites is 1. The molecule has 1 heterocycles. The van der Waals surface area contributed by atoms with Crippen LogP contribution in [0.3, 0.4) is 0 Å². The second kappa shape index (κ2) is 4.28. The van der Waals surface area contributed by atoms with Gasteiger partial charge in [-0.2, -0.15) is 0 Å². The summed E-state index contributed by atoms with van der Waals surface area (Å²) >= 11 is 1.66. The molecule has 2 nitrogen and oxygen atoms in total. The third-order valence-electron chi connectivity index (χ3n) is 2.71. The molecule has 0 bridgehead atoms. The van der Waals surface area contributed by atoms with Crippen molar-refractivity contribution in [2.24, 2.45) is 0 Å². The topological polar surface area (TPSA) is 33.1 Å². The maximum atomic E-state index is 9.33. The lowest BCUT2D eigenvalue weighted by atomic mass is 10.1. The lowest BCUT2D eigenvalue weighted by molar-refractivity contribution is 0.282. The molecule has 0 spiro atoms. The summed E-state index contributed by atoms with van der Waals surface area (Å²) < 4.78 is 1.18. The summed E-state index contributed by atoms with van der Waals surface area (Å²) in [5.41, 5.74) is 2.96. The van der Waals surface area contributed by atoms with E-state index in [1.165, 1.54) is 4.70 Å². The second-order valence-electron chi connectivity index (χ2n) is 3.80. The highest BCUT2D eigenvalue weighted by Gasteiger charge is 2.08. The molecular formula is C14H11NOS. The Morgan fingerprint density at radius 1 is 1.00 bits per heavy atom. The van der Waals surface area contributed by atoms with Crippen molar-refractivity contribution in [2.45, 2.75) is 6.61 Å². The Bertz CT molecular complexity index is 627. The molecule has 3 heteroatoms. The van der Waals surface area contributed by atoms with Gasteiger partial charge >= 0.3 is 0 Å². The largest absolute Gasteiger partial charge is 0.392 e. The van der Waals surface area contributed by atoms with Gasteiger partial charge in [0.2, 0.25) is 0 Å². The molecule has 0 aliphatic carbocycles. The summed E-state index contributed by atoms with van der Waals surface area (Å²) in [6, 6.07) is 15.9. The number of thiazole rings is 1.